The molecule has 1 heterocycles. The Balaban J connectivity index is 1.51. The molecule has 196 valence electrons. The first-order valence-corrected chi connectivity index (χ1v) is 14.0. The quantitative estimate of drug-likeness (QED) is 0.256. The third kappa shape index (κ3) is 4.18. The van der Waals surface area contributed by atoms with Crippen molar-refractivity contribution in [2.24, 2.45) is 5.41 Å². The fourth-order valence-electron chi connectivity index (χ4n) is 6.41. The number of aryl methyl sites for hydroxylation is 1. The average Bonchev–Trinajstić information content (AvgIpc) is 2.94. The molecule has 7 rings (SSSR count). The van der Waals surface area contributed by atoms with Crippen LogP contribution in [0.2, 0.25) is 0 Å². The van der Waals surface area contributed by atoms with Crippen molar-refractivity contribution >= 4 is 44.3 Å². The predicted octanol–water partition coefficient (Wildman–Crippen LogP) is 7.49. The molecule has 1 fully saturated rings. The summed E-state index contributed by atoms with van der Waals surface area (Å²) in [5, 5.41) is 14.4. The Bertz CT molecular complexity index is 1670. The van der Waals surface area contributed by atoms with Crippen LogP contribution < -0.4 is 5.32 Å². The summed E-state index contributed by atoms with van der Waals surface area (Å²) >= 11 is 3.58. The molecule has 0 saturated heterocycles. The van der Waals surface area contributed by atoms with Crippen molar-refractivity contribution < 1.29 is 14.7 Å². The van der Waals surface area contributed by atoms with Crippen LogP contribution in [0, 0.1) is 19.3 Å². The number of nitrogens with one attached hydrogen (secondary N) is 1. The maximum atomic E-state index is 14.4. The normalized spacial score (nSPS) is 22.0. The molecule has 0 aliphatic heterocycles. The van der Waals surface area contributed by atoms with E-state index in [0.717, 1.165) is 48.9 Å². The zero-order chi connectivity index (χ0) is 27.4. The molecule has 3 aliphatic carbocycles. The van der Waals surface area contributed by atoms with Gasteiger partial charge in [0.2, 0.25) is 0 Å². The molecule has 1 amide bonds. The van der Waals surface area contributed by atoms with Crippen LogP contribution in [-0.2, 0) is 4.79 Å². The van der Waals surface area contributed by atoms with E-state index in [1.165, 1.54) is 0 Å². The van der Waals surface area contributed by atoms with E-state index < -0.39 is 16.9 Å². The summed E-state index contributed by atoms with van der Waals surface area (Å²) in [5.74, 6) is -0.957. The molecule has 5 nitrogen and oxygen atoms in total. The molecule has 2 N–H and O–H groups in total. The molecule has 0 atom stereocenters. The van der Waals surface area contributed by atoms with Gasteiger partial charge in [0.05, 0.1) is 27.7 Å². The van der Waals surface area contributed by atoms with Crippen molar-refractivity contribution in [3.05, 3.63) is 106 Å². The fourth-order valence-corrected chi connectivity index (χ4v) is 6.77. The number of aromatic nitrogens is 1. The standard InChI is InChI=1S/C33H29BrN2O3/c1-20-8-6-7-11-24(20)26-19-32(31(38)39)14-16-33(26,17-15-32)36-30(37)28-21(2)29(22-9-4-3-5-10-22)35-27-13-12-23(34)18-25(27)28/h3-13,18-19H,14-17H2,1-2H3,(H,36,37)(H,38,39). The number of hydrogen-bond donors (Lipinski definition) is 2. The van der Waals surface area contributed by atoms with Crippen molar-refractivity contribution in [3.8, 4) is 11.3 Å². The van der Waals surface area contributed by atoms with Gasteiger partial charge in [-0.1, -0.05) is 76.6 Å². The number of carboxylic acids is 1. The minimum atomic E-state index is -0.894. The smallest absolute Gasteiger partial charge is 0.313 e. The minimum absolute atomic E-state index is 0.167. The van der Waals surface area contributed by atoms with Crippen molar-refractivity contribution in [2.45, 2.75) is 45.1 Å². The molecule has 0 unspecified atom stereocenters. The second kappa shape index (κ2) is 9.45. The molecule has 4 aromatic rings. The Morgan fingerprint density at radius 1 is 0.923 bits per heavy atom. The zero-order valence-corrected chi connectivity index (χ0v) is 23.5. The van der Waals surface area contributed by atoms with Gasteiger partial charge in [-0.25, -0.2) is 4.98 Å². The first-order chi connectivity index (χ1) is 18.7. The van der Waals surface area contributed by atoms with Crippen LogP contribution in [0.5, 0.6) is 0 Å². The molecular formula is C33H29BrN2O3. The van der Waals surface area contributed by atoms with Crippen LogP contribution >= 0.6 is 15.9 Å². The lowest BCUT2D eigenvalue weighted by molar-refractivity contribution is -0.148. The Morgan fingerprint density at radius 2 is 1.62 bits per heavy atom. The summed E-state index contributed by atoms with van der Waals surface area (Å²) in [6, 6.07) is 23.8. The molecule has 1 aromatic heterocycles. The van der Waals surface area contributed by atoms with Gasteiger partial charge in [0, 0.05) is 15.4 Å². The van der Waals surface area contributed by atoms with Gasteiger partial charge >= 0.3 is 5.97 Å². The molecule has 39 heavy (non-hydrogen) atoms. The molecule has 3 aromatic carbocycles. The third-order valence-electron chi connectivity index (χ3n) is 8.61. The molecule has 2 bridgehead atoms. The number of carbonyl (C=O) groups excluding carboxylic acids is 1. The summed E-state index contributed by atoms with van der Waals surface area (Å²) in [6.45, 7) is 3.99. The number of halogens is 1. The monoisotopic (exact) mass is 580 g/mol. The highest BCUT2D eigenvalue weighted by Gasteiger charge is 2.54. The van der Waals surface area contributed by atoms with Crippen LogP contribution in [0.3, 0.4) is 0 Å². The number of nitrogens with zero attached hydrogens (tertiary/aromatic N) is 1. The minimum Gasteiger partial charge on any atom is -0.481 e. The van der Waals surface area contributed by atoms with Gasteiger partial charge in [-0.15, -0.1) is 0 Å². The molecule has 3 aliphatic rings. The van der Waals surface area contributed by atoms with E-state index >= 15 is 0 Å². The molecule has 0 radical (unpaired) electrons. The maximum absolute atomic E-state index is 14.4. The SMILES string of the molecule is Cc1ccccc1C1=CC2(C(=O)O)CCC1(NC(=O)c1c(C)c(-c3ccccc3)nc3ccc(Br)cc13)CC2. The van der Waals surface area contributed by atoms with E-state index in [4.69, 9.17) is 4.98 Å². The average molecular weight is 582 g/mol. The summed E-state index contributed by atoms with van der Waals surface area (Å²) in [6.07, 6.45) is 4.06. The van der Waals surface area contributed by atoms with Crippen molar-refractivity contribution in [1.29, 1.82) is 0 Å². The van der Waals surface area contributed by atoms with Crippen LogP contribution in [0.25, 0.3) is 27.7 Å². The van der Waals surface area contributed by atoms with Gasteiger partial charge in [0.1, 0.15) is 0 Å². The van der Waals surface area contributed by atoms with E-state index in [-0.39, 0.29) is 5.91 Å². The van der Waals surface area contributed by atoms with Gasteiger partial charge in [-0.3, -0.25) is 9.59 Å². The number of benzene rings is 3. The van der Waals surface area contributed by atoms with E-state index in [0.29, 0.717) is 31.2 Å². The number of carboxylic acid groups (broad SMARTS) is 1. The fraction of sp³-hybridized carbons (Fsp3) is 0.242. The highest BCUT2D eigenvalue weighted by Crippen LogP contribution is 2.55. The Kier molecular flexibility index (Phi) is 6.18. The summed E-state index contributed by atoms with van der Waals surface area (Å²) in [5.41, 5.74) is 5.31. The third-order valence-corrected chi connectivity index (χ3v) is 9.10. The lowest BCUT2D eigenvalue weighted by Gasteiger charge is -2.51. The topological polar surface area (TPSA) is 79.3 Å². The summed E-state index contributed by atoms with van der Waals surface area (Å²) in [7, 11) is 0. The van der Waals surface area contributed by atoms with Crippen LogP contribution in [0.15, 0.2) is 83.3 Å². The molecular weight excluding hydrogens is 552 g/mol. The maximum Gasteiger partial charge on any atom is 0.313 e. The lowest BCUT2D eigenvalue weighted by atomic mass is 9.57. The largest absolute Gasteiger partial charge is 0.481 e. The summed E-state index contributed by atoms with van der Waals surface area (Å²) in [4.78, 5) is 31.7. The number of hydrogen-bond acceptors (Lipinski definition) is 3. The van der Waals surface area contributed by atoms with Gasteiger partial charge in [0.15, 0.2) is 0 Å². The predicted molar refractivity (Wildman–Crippen MR) is 158 cm³/mol. The Hall–Kier alpha value is -3.77. The second-order valence-corrected chi connectivity index (χ2v) is 11.8. The molecule has 6 heteroatoms. The number of amides is 1. The van der Waals surface area contributed by atoms with E-state index in [2.05, 4.69) is 21.2 Å². The number of carbonyl (C=O) groups is 2. The number of pyridine rings is 1. The van der Waals surface area contributed by atoms with Gasteiger partial charge in [-0.2, -0.15) is 0 Å². The van der Waals surface area contributed by atoms with E-state index in [1.54, 1.807) is 0 Å². The second-order valence-electron chi connectivity index (χ2n) is 10.9. The summed E-state index contributed by atoms with van der Waals surface area (Å²) < 4.78 is 0.873. The van der Waals surface area contributed by atoms with Crippen LogP contribution in [-0.4, -0.2) is 27.5 Å². The van der Waals surface area contributed by atoms with Gasteiger partial charge in [-0.05, 0) is 80.0 Å². The Labute approximate surface area is 236 Å². The first-order valence-electron chi connectivity index (χ1n) is 13.2. The van der Waals surface area contributed by atoms with Gasteiger partial charge in [0.25, 0.3) is 5.91 Å². The number of aliphatic carboxylic acids is 1. The van der Waals surface area contributed by atoms with Crippen LogP contribution in [0.1, 0.15) is 52.7 Å². The van der Waals surface area contributed by atoms with E-state index in [1.807, 2.05) is 92.7 Å². The van der Waals surface area contributed by atoms with Gasteiger partial charge < -0.3 is 10.4 Å². The van der Waals surface area contributed by atoms with Crippen LogP contribution in [0.4, 0.5) is 0 Å². The highest BCUT2D eigenvalue weighted by molar-refractivity contribution is 9.10. The van der Waals surface area contributed by atoms with E-state index in [9.17, 15) is 14.7 Å². The number of fused-ring (bicyclic) bond motifs is 3. The first kappa shape index (κ1) is 25.5. The highest BCUT2D eigenvalue weighted by atomic mass is 79.9. The van der Waals surface area contributed by atoms with Crippen molar-refractivity contribution in [1.82, 2.24) is 10.3 Å². The number of rotatable bonds is 5. The molecule has 0 spiro atoms. The van der Waals surface area contributed by atoms with Crippen molar-refractivity contribution in [2.75, 3.05) is 0 Å². The zero-order valence-electron chi connectivity index (χ0n) is 21.9. The lowest BCUT2D eigenvalue weighted by Crippen LogP contribution is -2.57. The van der Waals surface area contributed by atoms with Crippen molar-refractivity contribution in [3.63, 3.8) is 0 Å². The Morgan fingerprint density at radius 3 is 2.31 bits per heavy atom. The molecule has 1 saturated carbocycles.